The van der Waals surface area contributed by atoms with E-state index < -0.39 is 17.9 Å². The number of hydrogen-bond donors (Lipinski definition) is 1. The van der Waals surface area contributed by atoms with Crippen LogP contribution in [0.15, 0.2) is 18.2 Å². The molecular weight excluding hydrogens is 264 g/mol. The van der Waals surface area contributed by atoms with Crippen molar-refractivity contribution in [3.8, 4) is 5.75 Å². The van der Waals surface area contributed by atoms with E-state index in [1.54, 1.807) is 18.2 Å². The first kappa shape index (κ1) is 16.0. The fourth-order valence-electron chi connectivity index (χ4n) is 1.87. The Morgan fingerprint density at radius 1 is 1.15 bits per heavy atom. The molecule has 0 saturated heterocycles. The van der Waals surface area contributed by atoms with E-state index in [0.29, 0.717) is 16.9 Å². The Morgan fingerprint density at radius 2 is 1.75 bits per heavy atom. The van der Waals surface area contributed by atoms with Gasteiger partial charge >= 0.3 is 11.9 Å². The van der Waals surface area contributed by atoms with Crippen LogP contribution in [0.5, 0.6) is 5.75 Å². The van der Waals surface area contributed by atoms with E-state index in [1.807, 2.05) is 0 Å². The molecule has 6 nitrogen and oxygen atoms in total. The number of hydrogen-bond acceptors (Lipinski definition) is 6. The number of rotatable bonds is 6. The second-order valence-corrected chi connectivity index (χ2v) is 4.11. The monoisotopic (exact) mass is 282 g/mol. The van der Waals surface area contributed by atoms with Crippen LogP contribution in [0.4, 0.5) is 0 Å². The summed E-state index contributed by atoms with van der Waals surface area (Å²) >= 11 is 0. The molecule has 1 aromatic rings. The van der Waals surface area contributed by atoms with E-state index in [0.717, 1.165) is 0 Å². The summed E-state index contributed by atoms with van der Waals surface area (Å²) in [5.74, 6) is -1.79. The van der Waals surface area contributed by atoms with Crippen LogP contribution in [-0.2, 0) is 32.1 Å². The number of carbonyl (C=O) groups is 2. The molecule has 110 valence electrons. The predicted octanol–water partition coefficient (Wildman–Crippen LogP) is 0.692. The molecule has 20 heavy (non-hydrogen) atoms. The molecule has 0 aliphatic carbocycles. The quantitative estimate of drug-likeness (QED) is 0.610. The first-order chi connectivity index (χ1) is 9.57. The Labute approximate surface area is 117 Å². The zero-order valence-electron chi connectivity index (χ0n) is 11.7. The Bertz CT molecular complexity index is 467. The highest BCUT2D eigenvalue weighted by Crippen LogP contribution is 2.22. The number of methoxy groups -OCH3 is 3. The lowest BCUT2D eigenvalue weighted by Crippen LogP contribution is -2.28. The Kier molecular flexibility index (Phi) is 5.99. The Balaban J connectivity index is 2.99. The standard InChI is InChI=1S/C14H18O6/c1-18-12-5-4-9(6-10(12)8-15)7-11(13(16)19-2)14(17)20-3/h4-6,11,15H,7-8H2,1-3H3. The fourth-order valence-corrected chi connectivity index (χ4v) is 1.87. The van der Waals surface area contributed by atoms with Gasteiger partial charge in [0.05, 0.1) is 27.9 Å². The van der Waals surface area contributed by atoms with Crippen LogP contribution in [0.3, 0.4) is 0 Å². The molecule has 1 rings (SSSR count). The zero-order chi connectivity index (χ0) is 15.1. The molecule has 1 N–H and O–H groups in total. The lowest BCUT2D eigenvalue weighted by molar-refractivity contribution is -0.158. The van der Waals surface area contributed by atoms with Crippen LogP contribution in [0.2, 0.25) is 0 Å². The van der Waals surface area contributed by atoms with Gasteiger partial charge in [0, 0.05) is 5.56 Å². The van der Waals surface area contributed by atoms with Crippen LogP contribution >= 0.6 is 0 Å². The van der Waals surface area contributed by atoms with Gasteiger partial charge in [-0.25, -0.2) is 0 Å². The van der Waals surface area contributed by atoms with Crippen molar-refractivity contribution in [2.75, 3.05) is 21.3 Å². The van der Waals surface area contributed by atoms with Crippen LogP contribution in [0, 0.1) is 5.92 Å². The summed E-state index contributed by atoms with van der Waals surface area (Å²) in [6.45, 7) is -0.196. The number of aliphatic hydroxyl groups is 1. The van der Waals surface area contributed by atoms with Gasteiger partial charge in [-0.3, -0.25) is 9.59 Å². The number of ether oxygens (including phenoxy) is 3. The van der Waals surface area contributed by atoms with Crippen molar-refractivity contribution in [2.45, 2.75) is 13.0 Å². The molecule has 0 heterocycles. The van der Waals surface area contributed by atoms with E-state index in [1.165, 1.54) is 21.3 Å². The second kappa shape index (κ2) is 7.49. The van der Waals surface area contributed by atoms with Gasteiger partial charge in [0.15, 0.2) is 5.92 Å². The van der Waals surface area contributed by atoms with Crippen molar-refractivity contribution >= 4 is 11.9 Å². The van der Waals surface area contributed by atoms with Crippen molar-refractivity contribution in [3.63, 3.8) is 0 Å². The highest BCUT2D eigenvalue weighted by molar-refractivity contribution is 5.95. The average Bonchev–Trinajstić information content (AvgIpc) is 2.50. The van der Waals surface area contributed by atoms with Gasteiger partial charge in [0.1, 0.15) is 5.75 Å². The third-order valence-corrected chi connectivity index (χ3v) is 2.93. The zero-order valence-corrected chi connectivity index (χ0v) is 11.7. The normalized spacial score (nSPS) is 10.2. The number of carbonyl (C=O) groups excluding carboxylic acids is 2. The highest BCUT2D eigenvalue weighted by Gasteiger charge is 2.29. The summed E-state index contributed by atoms with van der Waals surface area (Å²) in [4.78, 5) is 23.2. The summed E-state index contributed by atoms with van der Waals surface area (Å²) in [6.07, 6.45) is 0.135. The lowest BCUT2D eigenvalue weighted by atomic mass is 9.97. The Hall–Kier alpha value is -2.08. The van der Waals surface area contributed by atoms with Crippen LogP contribution < -0.4 is 4.74 Å². The van der Waals surface area contributed by atoms with Gasteiger partial charge in [-0.1, -0.05) is 6.07 Å². The van der Waals surface area contributed by atoms with Crippen LogP contribution in [0.25, 0.3) is 0 Å². The van der Waals surface area contributed by atoms with Crippen LogP contribution in [-0.4, -0.2) is 38.4 Å². The molecule has 0 atom stereocenters. The molecule has 0 aliphatic heterocycles. The average molecular weight is 282 g/mol. The summed E-state index contributed by atoms with van der Waals surface area (Å²) < 4.78 is 14.3. The molecule has 0 aromatic heterocycles. The van der Waals surface area contributed by atoms with Gasteiger partial charge in [0.25, 0.3) is 0 Å². The van der Waals surface area contributed by atoms with Gasteiger partial charge < -0.3 is 19.3 Å². The maximum atomic E-state index is 11.6. The lowest BCUT2D eigenvalue weighted by Gasteiger charge is -2.14. The molecule has 0 aliphatic rings. The molecule has 0 radical (unpaired) electrons. The maximum Gasteiger partial charge on any atom is 0.320 e. The molecule has 6 heteroatoms. The SMILES string of the molecule is COC(=O)C(Cc1ccc(OC)c(CO)c1)C(=O)OC. The van der Waals surface area contributed by atoms with Crippen LogP contribution in [0.1, 0.15) is 11.1 Å². The van der Waals surface area contributed by atoms with E-state index in [4.69, 9.17) is 4.74 Å². The Morgan fingerprint density at radius 3 is 2.20 bits per heavy atom. The third kappa shape index (κ3) is 3.71. The van der Waals surface area contributed by atoms with Crippen molar-refractivity contribution in [2.24, 2.45) is 5.92 Å². The summed E-state index contributed by atoms with van der Waals surface area (Å²) in [7, 11) is 3.93. The van der Waals surface area contributed by atoms with E-state index in [9.17, 15) is 14.7 Å². The minimum Gasteiger partial charge on any atom is -0.496 e. The smallest absolute Gasteiger partial charge is 0.320 e. The van der Waals surface area contributed by atoms with E-state index >= 15 is 0 Å². The second-order valence-electron chi connectivity index (χ2n) is 4.11. The highest BCUT2D eigenvalue weighted by atomic mass is 16.5. The van der Waals surface area contributed by atoms with Crippen molar-refractivity contribution in [1.29, 1.82) is 0 Å². The molecule has 0 bridgehead atoms. The summed E-state index contributed by atoms with van der Waals surface area (Å²) in [5.41, 5.74) is 1.29. The van der Waals surface area contributed by atoms with E-state index in [2.05, 4.69) is 9.47 Å². The summed E-state index contributed by atoms with van der Waals surface area (Å²) in [5, 5.41) is 9.26. The topological polar surface area (TPSA) is 82.1 Å². The first-order valence-corrected chi connectivity index (χ1v) is 5.99. The molecule has 1 aromatic carbocycles. The first-order valence-electron chi connectivity index (χ1n) is 5.99. The van der Waals surface area contributed by atoms with Gasteiger partial charge in [-0.2, -0.15) is 0 Å². The van der Waals surface area contributed by atoms with Crippen molar-refractivity contribution < 1.29 is 28.9 Å². The molecule has 0 spiro atoms. The van der Waals surface area contributed by atoms with Crippen molar-refractivity contribution in [1.82, 2.24) is 0 Å². The van der Waals surface area contributed by atoms with E-state index in [-0.39, 0.29) is 13.0 Å². The van der Waals surface area contributed by atoms with Gasteiger partial charge in [-0.15, -0.1) is 0 Å². The molecule has 0 unspecified atom stereocenters. The third-order valence-electron chi connectivity index (χ3n) is 2.93. The molecule has 0 saturated carbocycles. The van der Waals surface area contributed by atoms with Crippen molar-refractivity contribution in [3.05, 3.63) is 29.3 Å². The number of aliphatic hydroxyl groups excluding tert-OH is 1. The number of esters is 2. The largest absolute Gasteiger partial charge is 0.496 e. The fraction of sp³-hybridized carbons (Fsp3) is 0.429. The molecule has 0 fully saturated rings. The maximum absolute atomic E-state index is 11.6. The minimum absolute atomic E-state index is 0.135. The van der Waals surface area contributed by atoms with Gasteiger partial charge in [0.2, 0.25) is 0 Å². The minimum atomic E-state index is -1.02. The molecule has 0 amide bonds. The van der Waals surface area contributed by atoms with Gasteiger partial charge in [-0.05, 0) is 24.1 Å². The predicted molar refractivity (Wildman–Crippen MR) is 70.1 cm³/mol. The molecular formula is C14H18O6. The summed E-state index contributed by atoms with van der Waals surface area (Å²) in [6, 6.07) is 5.07. The number of benzene rings is 1.